The summed E-state index contributed by atoms with van der Waals surface area (Å²) < 4.78 is 0. The lowest BCUT2D eigenvalue weighted by molar-refractivity contribution is -0.127. The molecular formula is C20H28N2O2. The van der Waals surface area contributed by atoms with Crippen molar-refractivity contribution in [2.45, 2.75) is 64.8 Å². The molecule has 4 nitrogen and oxygen atoms in total. The zero-order valence-corrected chi connectivity index (χ0v) is 14.8. The van der Waals surface area contributed by atoms with Crippen LogP contribution in [-0.4, -0.2) is 24.4 Å². The maximum absolute atomic E-state index is 12.6. The minimum Gasteiger partial charge on any atom is -0.353 e. The topological polar surface area (TPSA) is 49.4 Å². The lowest BCUT2D eigenvalue weighted by atomic mass is 10.0. The summed E-state index contributed by atoms with van der Waals surface area (Å²) in [7, 11) is 0. The van der Waals surface area contributed by atoms with Crippen molar-refractivity contribution < 1.29 is 9.59 Å². The van der Waals surface area contributed by atoms with Gasteiger partial charge in [-0.25, -0.2) is 0 Å². The Morgan fingerprint density at radius 3 is 2.54 bits per heavy atom. The summed E-state index contributed by atoms with van der Waals surface area (Å²) in [6, 6.07) is 6.30. The molecule has 1 aliphatic heterocycles. The van der Waals surface area contributed by atoms with Crippen LogP contribution in [0.5, 0.6) is 0 Å². The van der Waals surface area contributed by atoms with Gasteiger partial charge in [-0.05, 0) is 43.9 Å². The van der Waals surface area contributed by atoms with E-state index in [1.165, 1.54) is 31.2 Å². The summed E-state index contributed by atoms with van der Waals surface area (Å²) in [4.78, 5) is 26.8. The van der Waals surface area contributed by atoms with E-state index < -0.39 is 0 Å². The third-order valence-corrected chi connectivity index (χ3v) is 5.56. The van der Waals surface area contributed by atoms with Crippen LogP contribution in [0.4, 0.5) is 5.69 Å². The highest BCUT2D eigenvalue weighted by molar-refractivity contribution is 6.00. The van der Waals surface area contributed by atoms with E-state index in [9.17, 15) is 9.59 Å². The number of nitrogens with zero attached hydrogens (tertiary/aromatic N) is 1. The number of hydrogen-bond acceptors (Lipinski definition) is 2. The molecule has 0 radical (unpaired) electrons. The minimum absolute atomic E-state index is 0.0584. The zero-order valence-electron chi connectivity index (χ0n) is 14.8. The Morgan fingerprint density at radius 1 is 1.12 bits per heavy atom. The van der Waals surface area contributed by atoms with Crippen molar-refractivity contribution >= 4 is 17.5 Å². The van der Waals surface area contributed by atoms with Gasteiger partial charge in [0.1, 0.15) is 0 Å². The summed E-state index contributed by atoms with van der Waals surface area (Å²) in [6.45, 7) is 4.59. The zero-order chi connectivity index (χ0) is 17.1. The molecule has 0 unspecified atom stereocenters. The summed E-state index contributed by atoms with van der Waals surface area (Å²) in [5, 5.41) is 3.20. The van der Waals surface area contributed by atoms with Crippen LogP contribution in [0.25, 0.3) is 0 Å². The van der Waals surface area contributed by atoms with E-state index in [1.807, 2.05) is 19.1 Å². The molecule has 3 rings (SSSR count). The summed E-state index contributed by atoms with van der Waals surface area (Å²) in [6.07, 6.45) is 7.42. The van der Waals surface area contributed by atoms with Crippen molar-refractivity contribution in [3.63, 3.8) is 0 Å². The second-order valence-electron chi connectivity index (χ2n) is 7.32. The Balaban J connectivity index is 1.65. The van der Waals surface area contributed by atoms with Gasteiger partial charge in [0.05, 0.1) is 5.92 Å². The largest absolute Gasteiger partial charge is 0.353 e. The quantitative estimate of drug-likeness (QED) is 0.864. The molecule has 1 aromatic carbocycles. The highest BCUT2D eigenvalue weighted by Crippen LogP contribution is 2.29. The predicted molar refractivity (Wildman–Crippen MR) is 96.0 cm³/mol. The Kier molecular flexibility index (Phi) is 5.22. The van der Waals surface area contributed by atoms with Gasteiger partial charge < -0.3 is 10.2 Å². The smallest absolute Gasteiger partial charge is 0.227 e. The van der Waals surface area contributed by atoms with Crippen LogP contribution in [-0.2, 0) is 9.59 Å². The number of nitrogens with one attached hydrogen (secondary N) is 1. The van der Waals surface area contributed by atoms with Crippen LogP contribution in [0, 0.1) is 19.8 Å². The highest BCUT2D eigenvalue weighted by Gasteiger charge is 2.36. The van der Waals surface area contributed by atoms with Crippen LogP contribution in [0.1, 0.15) is 56.1 Å². The molecule has 1 saturated heterocycles. The van der Waals surface area contributed by atoms with E-state index in [2.05, 4.69) is 18.3 Å². The maximum Gasteiger partial charge on any atom is 0.227 e. The van der Waals surface area contributed by atoms with Gasteiger partial charge in [0.15, 0.2) is 0 Å². The lowest BCUT2D eigenvalue weighted by Gasteiger charge is -2.21. The standard InChI is InChI=1S/C20H28N2O2/c1-14-8-7-11-18(15(14)2)22-13-16(12-19(22)23)20(24)21-17-9-5-3-4-6-10-17/h7-8,11,16-17H,3-6,9-10,12-13H2,1-2H3,(H,21,24)/t16-/m1/s1. The third-order valence-electron chi connectivity index (χ3n) is 5.56. The number of carbonyl (C=O) groups excluding carboxylic acids is 2. The molecule has 2 fully saturated rings. The van der Waals surface area contributed by atoms with Crippen LogP contribution in [0.3, 0.4) is 0 Å². The van der Waals surface area contributed by atoms with E-state index in [-0.39, 0.29) is 17.7 Å². The molecule has 1 heterocycles. The number of aryl methyl sites for hydroxylation is 1. The number of amides is 2. The van der Waals surface area contributed by atoms with E-state index in [1.54, 1.807) is 4.90 Å². The first-order valence-electron chi connectivity index (χ1n) is 9.23. The van der Waals surface area contributed by atoms with Crippen LogP contribution < -0.4 is 10.2 Å². The summed E-state index contributed by atoms with van der Waals surface area (Å²) in [5.41, 5.74) is 3.24. The molecule has 130 valence electrons. The molecule has 2 amide bonds. The molecule has 0 aromatic heterocycles. The number of carbonyl (C=O) groups is 2. The Bertz CT molecular complexity index is 618. The van der Waals surface area contributed by atoms with Crippen LogP contribution >= 0.6 is 0 Å². The van der Waals surface area contributed by atoms with Crippen molar-refractivity contribution in [2.75, 3.05) is 11.4 Å². The molecule has 1 aliphatic carbocycles. The average molecular weight is 328 g/mol. The number of hydrogen-bond donors (Lipinski definition) is 1. The molecule has 1 atom stereocenters. The number of benzene rings is 1. The van der Waals surface area contributed by atoms with Gasteiger partial charge in [0.25, 0.3) is 0 Å². The number of rotatable bonds is 3. The molecule has 24 heavy (non-hydrogen) atoms. The monoisotopic (exact) mass is 328 g/mol. The van der Waals surface area contributed by atoms with Crippen molar-refractivity contribution in [1.29, 1.82) is 0 Å². The van der Waals surface area contributed by atoms with Gasteiger partial charge >= 0.3 is 0 Å². The van der Waals surface area contributed by atoms with Crippen LogP contribution in [0.2, 0.25) is 0 Å². The highest BCUT2D eigenvalue weighted by atomic mass is 16.2. The molecular weight excluding hydrogens is 300 g/mol. The van der Waals surface area contributed by atoms with Crippen molar-refractivity contribution in [1.82, 2.24) is 5.32 Å². The second-order valence-corrected chi connectivity index (χ2v) is 7.32. The summed E-state index contributed by atoms with van der Waals surface area (Å²) >= 11 is 0. The molecule has 2 aliphatic rings. The Hall–Kier alpha value is -1.84. The second kappa shape index (κ2) is 7.37. The van der Waals surface area contributed by atoms with Gasteiger partial charge in [-0.2, -0.15) is 0 Å². The molecule has 0 spiro atoms. The predicted octanol–water partition coefficient (Wildman–Crippen LogP) is 3.50. The van der Waals surface area contributed by atoms with Gasteiger partial charge in [0.2, 0.25) is 11.8 Å². The maximum atomic E-state index is 12.6. The van der Waals surface area contributed by atoms with Crippen LogP contribution in [0.15, 0.2) is 18.2 Å². The Morgan fingerprint density at radius 2 is 1.83 bits per heavy atom. The fraction of sp³-hybridized carbons (Fsp3) is 0.600. The van der Waals surface area contributed by atoms with E-state index >= 15 is 0 Å². The van der Waals surface area contributed by atoms with Crippen molar-refractivity contribution in [3.05, 3.63) is 29.3 Å². The molecule has 1 N–H and O–H groups in total. The van der Waals surface area contributed by atoms with E-state index in [4.69, 9.17) is 0 Å². The van der Waals surface area contributed by atoms with Gasteiger partial charge in [-0.1, -0.05) is 37.8 Å². The van der Waals surface area contributed by atoms with Crippen molar-refractivity contribution in [2.24, 2.45) is 5.92 Å². The molecule has 1 aromatic rings. The molecule has 1 saturated carbocycles. The molecule has 4 heteroatoms. The van der Waals surface area contributed by atoms with Crippen molar-refractivity contribution in [3.8, 4) is 0 Å². The number of anilines is 1. The van der Waals surface area contributed by atoms with Gasteiger partial charge in [0, 0.05) is 24.7 Å². The first-order chi connectivity index (χ1) is 11.6. The SMILES string of the molecule is Cc1cccc(N2C[C@H](C(=O)NC3CCCCCC3)CC2=O)c1C. The Labute approximate surface area is 144 Å². The van der Waals surface area contributed by atoms with Gasteiger partial charge in [-0.3, -0.25) is 9.59 Å². The lowest BCUT2D eigenvalue weighted by Crippen LogP contribution is -2.39. The first-order valence-corrected chi connectivity index (χ1v) is 9.23. The van der Waals surface area contributed by atoms with Gasteiger partial charge in [-0.15, -0.1) is 0 Å². The normalized spacial score (nSPS) is 22.5. The fourth-order valence-corrected chi connectivity index (χ4v) is 3.89. The fourth-order valence-electron chi connectivity index (χ4n) is 3.89. The molecule has 0 bridgehead atoms. The summed E-state index contributed by atoms with van der Waals surface area (Å²) in [5.74, 6) is -0.103. The minimum atomic E-state index is -0.222. The average Bonchev–Trinajstić information content (AvgIpc) is 2.77. The van der Waals surface area contributed by atoms with E-state index in [0.717, 1.165) is 24.1 Å². The third kappa shape index (κ3) is 3.63. The first kappa shape index (κ1) is 17.0. The van der Waals surface area contributed by atoms with E-state index in [0.29, 0.717) is 19.0 Å².